The Labute approximate surface area is 225 Å². The lowest BCUT2D eigenvalue weighted by molar-refractivity contribution is -0.138. The van der Waals surface area contributed by atoms with Crippen LogP contribution in [-0.4, -0.2) is 117 Å². The van der Waals surface area contributed by atoms with E-state index in [-0.39, 0.29) is 65.1 Å². The highest BCUT2D eigenvalue weighted by molar-refractivity contribution is 6.12. The third-order valence-corrected chi connectivity index (χ3v) is 5.02. The summed E-state index contributed by atoms with van der Waals surface area (Å²) in [6.45, 7) is 2.06. The predicted octanol–water partition coefficient (Wildman–Crippen LogP) is -4.11. The minimum absolute atomic E-state index is 0.0112. The molecule has 0 aromatic heterocycles. The van der Waals surface area contributed by atoms with Gasteiger partial charge in [0.15, 0.2) is 0 Å². The number of imide groups is 1. The van der Waals surface area contributed by atoms with E-state index in [1.807, 2.05) is 0 Å². The van der Waals surface area contributed by atoms with Gasteiger partial charge in [-0.3, -0.25) is 38.5 Å². The van der Waals surface area contributed by atoms with Gasteiger partial charge in [-0.1, -0.05) is 13.8 Å². The average Bonchev–Trinajstić information content (AvgIpc) is 3.22. The zero-order chi connectivity index (χ0) is 29.2. The van der Waals surface area contributed by atoms with Gasteiger partial charge in [-0.2, -0.15) is 0 Å². The molecule has 0 saturated carbocycles. The molecule has 0 aromatic rings. The molecule has 0 fully saturated rings. The van der Waals surface area contributed by atoms with Gasteiger partial charge in [0.25, 0.3) is 11.8 Å². The monoisotopic (exact) mass is 556 g/mol. The summed E-state index contributed by atoms with van der Waals surface area (Å²) in [5.74, 6) is -4.06. The van der Waals surface area contributed by atoms with Crippen LogP contribution in [0.15, 0.2) is 12.2 Å². The van der Waals surface area contributed by atoms with E-state index in [0.717, 1.165) is 17.1 Å². The smallest absolute Gasteiger partial charge is 0.253 e. The number of amides is 7. The Morgan fingerprint density at radius 2 is 1.38 bits per heavy atom. The number of carbonyl (C=O) groups excluding carboxylic acids is 7. The zero-order valence-electron chi connectivity index (χ0n) is 21.9. The summed E-state index contributed by atoms with van der Waals surface area (Å²) in [6, 6.07) is -0.967. The van der Waals surface area contributed by atoms with E-state index < -0.39 is 53.9 Å². The average molecular weight is 557 g/mol. The number of hydrogen-bond donors (Lipinski definition) is 6. The Morgan fingerprint density at radius 1 is 0.795 bits per heavy atom. The maximum atomic E-state index is 12.4. The van der Waals surface area contributed by atoms with Gasteiger partial charge in [0.1, 0.15) is 12.8 Å². The molecule has 7 amide bonds. The molecule has 1 rings (SSSR count). The van der Waals surface area contributed by atoms with Gasteiger partial charge in [-0.25, -0.2) is 0 Å². The van der Waals surface area contributed by atoms with E-state index in [4.69, 9.17) is 14.6 Å². The first kappa shape index (κ1) is 33.1. The fourth-order valence-electron chi connectivity index (χ4n) is 2.95. The van der Waals surface area contributed by atoms with Crippen LogP contribution < -0.4 is 26.6 Å². The number of rotatable bonds is 19. The highest BCUT2D eigenvalue weighted by Crippen LogP contribution is 2.03. The lowest BCUT2D eigenvalue weighted by Gasteiger charge is -2.21. The second kappa shape index (κ2) is 18.4. The highest BCUT2D eigenvalue weighted by Gasteiger charge is 2.25. The first-order valence-electron chi connectivity index (χ1n) is 12.2. The van der Waals surface area contributed by atoms with Crippen LogP contribution >= 0.6 is 0 Å². The van der Waals surface area contributed by atoms with Crippen molar-refractivity contribution in [3.8, 4) is 0 Å². The predicted molar refractivity (Wildman–Crippen MR) is 133 cm³/mol. The molecule has 1 heterocycles. The van der Waals surface area contributed by atoms with Gasteiger partial charge in [-0.15, -0.1) is 0 Å². The second-order valence-corrected chi connectivity index (χ2v) is 8.46. The second-order valence-electron chi connectivity index (χ2n) is 8.46. The van der Waals surface area contributed by atoms with Crippen molar-refractivity contribution in [2.45, 2.75) is 26.3 Å². The van der Waals surface area contributed by atoms with E-state index in [2.05, 4.69) is 26.6 Å². The largest absolute Gasteiger partial charge is 0.394 e. The molecular formula is C23H36N6O10. The van der Waals surface area contributed by atoms with Crippen LogP contribution in [0.4, 0.5) is 0 Å². The quantitative estimate of drug-likeness (QED) is 0.0512. The maximum absolute atomic E-state index is 12.4. The van der Waals surface area contributed by atoms with Crippen molar-refractivity contribution in [1.82, 2.24) is 31.5 Å². The first-order chi connectivity index (χ1) is 18.5. The van der Waals surface area contributed by atoms with Crippen molar-refractivity contribution in [2.75, 3.05) is 59.3 Å². The Hall–Kier alpha value is -3.89. The standard InChI is InChI=1S/C23H36N6O10/c1-15(2)22(23(37)26-12-18(33)27-14-39-10-7-30)28-19(34)13-25-17(32)11-24-16(31)5-8-38-9-6-29-20(35)3-4-21(29)36/h3-4,15,22,30H,5-14H2,1-2H3,(H,24,31)(H,25,32)(H,26,37)(H,27,33)(H,28,34). The minimum Gasteiger partial charge on any atom is -0.394 e. The summed E-state index contributed by atoms with van der Waals surface area (Å²) in [5.41, 5.74) is 0. The lowest BCUT2D eigenvalue weighted by Crippen LogP contribution is -2.53. The van der Waals surface area contributed by atoms with Gasteiger partial charge < -0.3 is 41.2 Å². The molecule has 1 aliphatic rings. The summed E-state index contributed by atoms with van der Waals surface area (Å²) in [6.07, 6.45) is 2.26. The number of nitrogens with zero attached hydrogens (tertiary/aromatic N) is 1. The maximum Gasteiger partial charge on any atom is 0.253 e. The van der Waals surface area contributed by atoms with E-state index in [9.17, 15) is 33.6 Å². The van der Waals surface area contributed by atoms with Crippen LogP contribution in [0.2, 0.25) is 0 Å². The molecule has 1 aliphatic heterocycles. The fraction of sp³-hybridized carbons (Fsp3) is 0.609. The molecule has 0 aliphatic carbocycles. The van der Waals surface area contributed by atoms with Gasteiger partial charge in [0.05, 0.1) is 52.6 Å². The van der Waals surface area contributed by atoms with Crippen LogP contribution in [0.1, 0.15) is 20.3 Å². The van der Waals surface area contributed by atoms with Crippen molar-refractivity contribution >= 4 is 41.4 Å². The van der Waals surface area contributed by atoms with Crippen LogP contribution in [-0.2, 0) is 43.0 Å². The molecule has 1 atom stereocenters. The minimum atomic E-state index is -0.967. The van der Waals surface area contributed by atoms with Crippen molar-refractivity contribution < 1.29 is 48.1 Å². The number of carbonyl (C=O) groups is 7. The van der Waals surface area contributed by atoms with Crippen molar-refractivity contribution in [3.63, 3.8) is 0 Å². The van der Waals surface area contributed by atoms with Crippen LogP contribution in [0.25, 0.3) is 0 Å². The zero-order valence-corrected chi connectivity index (χ0v) is 21.9. The topological polar surface area (TPSA) is 222 Å². The molecule has 0 saturated heterocycles. The molecule has 1 unspecified atom stereocenters. The Kier molecular flexibility index (Phi) is 15.6. The number of hydrogen-bond acceptors (Lipinski definition) is 10. The number of nitrogens with one attached hydrogen (secondary N) is 5. The first-order valence-corrected chi connectivity index (χ1v) is 12.2. The molecule has 16 nitrogen and oxygen atoms in total. The normalized spacial score (nSPS) is 13.3. The highest BCUT2D eigenvalue weighted by atomic mass is 16.5. The fourth-order valence-corrected chi connectivity index (χ4v) is 2.95. The third-order valence-electron chi connectivity index (χ3n) is 5.02. The summed E-state index contributed by atoms with van der Waals surface area (Å²) in [5, 5.41) is 20.5. The van der Waals surface area contributed by atoms with E-state index >= 15 is 0 Å². The summed E-state index contributed by atoms with van der Waals surface area (Å²) in [4.78, 5) is 83.9. The van der Waals surface area contributed by atoms with Crippen molar-refractivity contribution in [2.24, 2.45) is 5.92 Å². The summed E-state index contributed by atoms with van der Waals surface area (Å²) < 4.78 is 10.1. The molecule has 0 bridgehead atoms. The Bertz CT molecular complexity index is 905. The number of aliphatic hydroxyl groups excluding tert-OH is 1. The van der Waals surface area contributed by atoms with Crippen LogP contribution in [0.3, 0.4) is 0 Å². The van der Waals surface area contributed by atoms with Gasteiger partial charge in [0, 0.05) is 18.6 Å². The Balaban J connectivity index is 2.22. The van der Waals surface area contributed by atoms with Crippen LogP contribution in [0, 0.1) is 5.92 Å². The van der Waals surface area contributed by atoms with Crippen molar-refractivity contribution in [1.29, 1.82) is 0 Å². The summed E-state index contributed by atoms with van der Waals surface area (Å²) in [7, 11) is 0. The lowest BCUT2D eigenvalue weighted by atomic mass is 10.0. The summed E-state index contributed by atoms with van der Waals surface area (Å²) >= 11 is 0. The third kappa shape index (κ3) is 14.0. The molecule has 0 aromatic carbocycles. The SMILES string of the molecule is CC(C)C(NC(=O)CNC(=O)CNC(=O)CCOCCN1C(=O)C=CC1=O)C(=O)NCC(=O)NCOCCO. The number of aliphatic hydroxyl groups is 1. The number of ether oxygens (including phenoxy) is 2. The van der Waals surface area contributed by atoms with E-state index in [0.29, 0.717) is 0 Å². The Morgan fingerprint density at radius 3 is 2.03 bits per heavy atom. The van der Waals surface area contributed by atoms with Crippen LogP contribution in [0.5, 0.6) is 0 Å². The molecular weight excluding hydrogens is 520 g/mol. The molecule has 0 radical (unpaired) electrons. The molecule has 6 N–H and O–H groups in total. The van der Waals surface area contributed by atoms with E-state index in [1.54, 1.807) is 13.8 Å². The molecule has 0 spiro atoms. The van der Waals surface area contributed by atoms with Crippen molar-refractivity contribution in [3.05, 3.63) is 12.2 Å². The molecule has 16 heteroatoms. The molecule has 218 valence electrons. The van der Waals surface area contributed by atoms with E-state index in [1.165, 1.54) is 0 Å². The molecule has 39 heavy (non-hydrogen) atoms. The van der Waals surface area contributed by atoms with Gasteiger partial charge in [-0.05, 0) is 5.92 Å². The van der Waals surface area contributed by atoms with Gasteiger partial charge in [0.2, 0.25) is 29.5 Å². The van der Waals surface area contributed by atoms with Gasteiger partial charge >= 0.3 is 0 Å².